The molecular formula is C30H25F3N4O2. The second-order valence-electron chi connectivity index (χ2n) is 9.44. The van der Waals surface area contributed by atoms with Crippen LogP contribution in [0.15, 0.2) is 65.9 Å². The molecule has 4 aromatic rings. The average molecular weight is 531 g/mol. The lowest BCUT2D eigenvalue weighted by Crippen LogP contribution is -2.16. The SMILES string of the molecule is CCC1CCC(c2cnc3[nH]cc(C(=O)c4c(F)ccc(NC(=O)c5cccc(F)c5)c4F)c3c2)=CC(C)=N1. The Hall–Kier alpha value is -4.53. The Kier molecular flexibility index (Phi) is 7.15. The third kappa shape index (κ3) is 5.25. The van der Waals surface area contributed by atoms with E-state index in [1.807, 2.05) is 13.0 Å². The van der Waals surface area contributed by atoms with E-state index >= 15 is 4.39 Å². The highest BCUT2D eigenvalue weighted by Gasteiger charge is 2.26. The Balaban J connectivity index is 1.49. The Morgan fingerprint density at radius 2 is 1.95 bits per heavy atom. The maximum absolute atomic E-state index is 15.5. The minimum Gasteiger partial charge on any atom is -0.345 e. The second-order valence-corrected chi connectivity index (χ2v) is 9.44. The van der Waals surface area contributed by atoms with E-state index in [9.17, 15) is 18.4 Å². The van der Waals surface area contributed by atoms with Crippen molar-refractivity contribution in [2.24, 2.45) is 4.99 Å². The molecule has 2 N–H and O–H groups in total. The van der Waals surface area contributed by atoms with Crippen molar-refractivity contribution in [1.29, 1.82) is 0 Å². The maximum atomic E-state index is 15.5. The molecule has 1 unspecified atom stereocenters. The number of rotatable bonds is 6. The summed E-state index contributed by atoms with van der Waals surface area (Å²) in [6, 6.07) is 8.76. The summed E-state index contributed by atoms with van der Waals surface area (Å²) in [7, 11) is 0. The van der Waals surface area contributed by atoms with Gasteiger partial charge in [0.2, 0.25) is 5.78 Å². The van der Waals surface area contributed by atoms with Gasteiger partial charge in [-0.05, 0) is 79.8 Å². The van der Waals surface area contributed by atoms with Gasteiger partial charge in [0, 0.05) is 34.6 Å². The molecule has 39 heavy (non-hydrogen) atoms. The number of carbonyl (C=O) groups excluding carboxylic acids is 2. The number of hydrogen-bond donors (Lipinski definition) is 2. The summed E-state index contributed by atoms with van der Waals surface area (Å²) in [5, 5.41) is 2.70. The van der Waals surface area contributed by atoms with Crippen LogP contribution in [-0.2, 0) is 0 Å². The fourth-order valence-electron chi connectivity index (χ4n) is 4.74. The fraction of sp³-hybridized carbons (Fsp3) is 0.200. The van der Waals surface area contributed by atoms with Crippen molar-refractivity contribution in [2.75, 3.05) is 5.32 Å². The molecule has 2 aromatic heterocycles. The molecule has 3 heterocycles. The number of amides is 1. The van der Waals surface area contributed by atoms with Crippen LogP contribution in [0.2, 0.25) is 0 Å². The zero-order chi connectivity index (χ0) is 27.7. The number of aromatic nitrogens is 2. The predicted molar refractivity (Wildman–Crippen MR) is 145 cm³/mol. The number of aromatic amines is 1. The lowest BCUT2D eigenvalue weighted by Gasteiger charge is -2.11. The van der Waals surface area contributed by atoms with Crippen LogP contribution >= 0.6 is 0 Å². The van der Waals surface area contributed by atoms with E-state index in [4.69, 9.17) is 4.99 Å². The van der Waals surface area contributed by atoms with E-state index in [0.717, 1.165) is 60.4 Å². The number of hydrogen-bond acceptors (Lipinski definition) is 4. The Morgan fingerprint density at radius 3 is 2.72 bits per heavy atom. The van der Waals surface area contributed by atoms with Crippen molar-refractivity contribution in [3.63, 3.8) is 0 Å². The Morgan fingerprint density at radius 1 is 1.13 bits per heavy atom. The number of benzene rings is 2. The van der Waals surface area contributed by atoms with Crippen LogP contribution in [0.3, 0.4) is 0 Å². The molecule has 1 atom stereocenters. The monoisotopic (exact) mass is 530 g/mol. The molecule has 0 bridgehead atoms. The first-order chi connectivity index (χ1) is 18.7. The minimum atomic E-state index is -1.23. The van der Waals surface area contributed by atoms with Crippen molar-refractivity contribution in [2.45, 2.75) is 39.2 Å². The van der Waals surface area contributed by atoms with E-state index in [1.165, 1.54) is 18.3 Å². The van der Waals surface area contributed by atoms with E-state index in [1.54, 1.807) is 12.3 Å². The second kappa shape index (κ2) is 10.7. The van der Waals surface area contributed by atoms with Crippen LogP contribution in [0.1, 0.15) is 65.0 Å². The van der Waals surface area contributed by atoms with E-state index in [2.05, 4.69) is 22.2 Å². The van der Waals surface area contributed by atoms with E-state index < -0.39 is 40.4 Å². The number of allylic oxidation sites excluding steroid dienone is 2. The molecule has 0 aliphatic carbocycles. The number of ketones is 1. The number of carbonyl (C=O) groups is 2. The Bertz CT molecular complexity index is 1670. The van der Waals surface area contributed by atoms with E-state index in [0.29, 0.717) is 11.0 Å². The summed E-state index contributed by atoms with van der Waals surface area (Å²) < 4.78 is 43.8. The molecule has 0 saturated carbocycles. The van der Waals surface area contributed by atoms with Gasteiger partial charge in [-0.1, -0.05) is 13.0 Å². The summed E-state index contributed by atoms with van der Waals surface area (Å²) >= 11 is 0. The van der Waals surface area contributed by atoms with Crippen molar-refractivity contribution >= 4 is 39.7 Å². The van der Waals surface area contributed by atoms with Crippen LogP contribution in [0.4, 0.5) is 18.9 Å². The van der Waals surface area contributed by atoms with Crippen molar-refractivity contribution in [1.82, 2.24) is 9.97 Å². The van der Waals surface area contributed by atoms with Crippen LogP contribution < -0.4 is 5.32 Å². The summed E-state index contributed by atoms with van der Waals surface area (Å²) in [6.07, 6.45) is 7.64. The summed E-state index contributed by atoms with van der Waals surface area (Å²) in [4.78, 5) is 38.0. The number of pyridine rings is 1. The normalized spacial score (nSPS) is 15.5. The quantitative estimate of drug-likeness (QED) is 0.267. The number of aliphatic imine (C=N–C) groups is 1. The van der Waals surface area contributed by atoms with Crippen molar-refractivity contribution < 1.29 is 22.8 Å². The molecule has 0 spiro atoms. The third-order valence-corrected chi connectivity index (χ3v) is 6.79. The minimum absolute atomic E-state index is 0.0387. The number of halogens is 3. The molecule has 0 fully saturated rings. The van der Waals surface area contributed by atoms with Crippen LogP contribution in [0, 0.1) is 17.5 Å². The van der Waals surface area contributed by atoms with E-state index in [-0.39, 0.29) is 17.2 Å². The summed E-state index contributed by atoms with van der Waals surface area (Å²) in [5.74, 6) is -4.66. The number of nitrogens with zero attached hydrogens (tertiary/aromatic N) is 2. The molecule has 1 aliphatic rings. The van der Waals surface area contributed by atoms with Gasteiger partial charge < -0.3 is 10.3 Å². The first-order valence-electron chi connectivity index (χ1n) is 12.6. The van der Waals surface area contributed by atoms with Gasteiger partial charge in [-0.15, -0.1) is 0 Å². The van der Waals surface area contributed by atoms with Crippen molar-refractivity contribution in [3.05, 3.63) is 101 Å². The predicted octanol–water partition coefficient (Wildman–Crippen LogP) is 6.88. The van der Waals surface area contributed by atoms with Gasteiger partial charge in [0.15, 0.2) is 5.82 Å². The molecular weight excluding hydrogens is 505 g/mol. The molecule has 6 nitrogen and oxygen atoms in total. The average Bonchev–Trinajstić information content (AvgIpc) is 3.25. The van der Waals surface area contributed by atoms with Crippen molar-refractivity contribution in [3.8, 4) is 0 Å². The molecule has 5 rings (SSSR count). The molecule has 0 saturated heterocycles. The van der Waals surface area contributed by atoms with Gasteiger partial charge in [0.1, 0.15) is 17.3 Å². The van der Waals surface area contributed by atoms with Crippen LogP contribution in [0.5, 0.6) is 0 Å². The molecule has 1 aliphatic heterocycles. The molecule has 0 radical (unpaired) electrons. The molecule has 2 aromatic carbocycles. The number of fused-ring (bicyclic) bond motifs is 1. The Labute approximate surface area is 222 Å². The fourth-order valence-corrected chi connectivity index (χ4v) is 4.74. The number of anilines is 1. The largest absolute Gasteiger partial charge is 0.345 e. The standard InChI is InChI=1S/C30H25F3N4O2/c1-3-21-8-7-17(11-16(2)36-21)19-13-22-23(15-35-29(22)34-14-19)28(38)26-24(32)9-10-25(27(26)33)37-30(39)18-5-4-6-20(31)12-18/h4-6,9-15,21H,3,7-8H2,1-2H3,(H,34,35)(H,37,39). The smallest absolute Gasteiger partial charge is 0.255 e. The molecule has 1 amide bonds. The lowest BCUT2D eigenvalue weighted by molar-refractivity contribution is 0.101. The highest BCUT2D eigenvalue weighted by Crippen LogP contribution is 2.31. The highest BCUT2D eigenvalue weighted by molar-refractivity contribution is 6.17. The topological polar surface area (TPSA) is 87.2 Å². The van der Waals surface area contributed by atoms with Gasteiger partial charge in [-0.2, -0.15) is 0 Å². The van der Waals surface area contributed by atoms with Gasteiger partial charge in [-0.25, -0.2) is 18.2 Å². The first-order valence-corrected chi connectivity index (χ1v) is 12.6. The highest BCUT2D eigenvalue weighted by atomic mass is 19.1. The van der Waals surface area contributed by atoms with Crippen LogP contribution in [0.25, 0.3) is 16.6 Å². The van der Waals surface area contributed by atoms with Gasteiger partial charge in [0.25, 0.3) is 5.91 Å². The first kappa shape index (κ1) is 26.1. The summed E-state index contributed by atoms with van der Waals surface area (Å²) in [5.41, 5.74) is 1.86. The zero-order valence-corrected chi connectivity index (χ0v) is 21.3. The maximum Gasteiger partial charge on any atom is 0.255 e. The van der Waals surface area contributed by atoms with Crippen LogP contribution in [-0.4, -0.2) is 33.4 Å². The zero-order valence-electron chi connectivity index (χ0n) is 21.3. The lowest BCUT2D eigenvalue weighted by atomic mass is 9.97. The van der Waals surface area contributed by atoms with Gasteiger partial charge in [0.05, 0.1) is 17.3 Å². The molecule has 9 heteroatoms. The number of H-pyrrole nitrogens is 1. The number of nitrogens with one attached hydrogen (secondary N) is 2. The molecule has 198 valence electrons. The summed E-state index contributed by atoms with van der Waals surface area (Å²) in [6.45, 7) is 4.04. The van der Waals surface area contributed by atoms with Gasteiger partial charge >= 0.3 is 0 Å². The van der Waals surface area contributed by atoms with Gasteiger partial charge in [-0.3, -0.25) is 14.6 Å². The third-order valence-electron chi connectivity index (χ3n) is 6.79.